The molecule has 198 valence electrons. The lowest BCUT2D eigenvalue weighted by atomic mass is 10.1. The van der Waals surface area contributed by atoms with E-state index in [1.165, 1.54) is 24.3 Å². The highest BCUT2D eigenvalue weighted by atomic mass is 16.5. The summed E-state index contributed by atoms with van der Waals surface area (Å²) in [4.78, 5) is 48.6. The molecule has 0 unspecified atom stereocenters. The van der Waals surface area contributed by atoms with Gasteiger partial charge >= 0.3 is 0 Å². The van der Waals surface area contributed by atoms with Crippen LogP contribution in [0.2, 0.25) is 0 Å². The quantitative estimate of drug-likeness (QED) is 0.339. The molecule has 3 aromatic carbocycles. The second kappa shape index (κ2) is 12.9. The molecule has 0 spiro atoms. The first-order chi connectivity index (χ1) is 18.1. The Morgan fingerprint density at radius 2 is 0.921 bits per heavy atom. The molecule has 38 heavy (non-hydrogen) atoms. The van der Waals surface area contributed by atoms with Crippen LogP contribution in [0, 0.1) is 27.7 Å². The molecule has 0 radical (unpaired) electrons. The zero-order chi connectivity index (χ0) is 27.7. The Bertz CT molecular complexity index is 1240. The number of hydrogen-bond donors (Lipinski definition) is 4. The summed E-state index contributed by atoms with van der Waals surface area (Å²) in [5.41, 5.74) is 13.5. The number of amides is 4. The van der Waals surface area contributed by atoms with Gasteiger partial charge in [-0.2, -0.15) is 0 Å². The minimum atomic E-state index is -0.575. The fourth-order valence-corrected chi connectivity index (χ4v) is 3.45. The molecular formula is C28H30N4O6. The summed E-state index contributed by atoms with van der Waals surface area (Å²) in [6, 6.07) is 16.8. The average molecular weight is 519 g/mol. The molecule has 0 atom stereocenters. The van der Waals surface area contributed by atoms with Crippen LogP contribution in [-0.2, 0) is 9.59 Å². The molecule has 0 heterocycles. The van der Waals surface area contributed by atoms with E-state index in [4.69, 9.17) is 9.47 Å². The van der Waals surface area contributed by atoms with Crippen molar-refractivity contribution in [3.05, 3.63) is 94.0 Å². The maximum Gasteiger partial charge on any atom is 0.276 e. The summed E-state index contributed by atoms with van der Waals surface area (Å²) in [5.74, 6) is -1.06. The Balaban J connectivity index is 1.40. The molecular weight excluding hydrogens is 488 g/mol. The van der Waals surface area contributed by atoms with Crippen molar-refractivity contribution in [2.24, 2.45) is 0 Å². The van der Waals surface area contributed by atoms with Crippen molar-refractivity contribution < 1.29 is 28.7 Å². The zero-order valence-corrected chi connectivity index (χ0v) is 21.6. The number of hydrazine groups is 2. The van der Waals surface area contributed by atoms with Gasteiger partial charge in [0.05, 0.1) is 0 Å². The normalized spacial score (nSPS) is 10.2. The summed E-state index contributed by atoms with van der Waals surface area (Å²) >= 11 is 0. The molecule has 3 rings (SSSR count). The number of carbonyl (C=O) groups is 4. The number of ether oxygens (including phenoxy) is 2. The number of hydrogen-bond acceptors (Lipinski definition) is 6. The molecule has 4 N–H and O–H groups in total. The number of carbonyl (C=O) groups excluding carboxylic acids is 4. The van der Waals surface area contributed by atoms with Crippen LogP contribution in [0.15, 0.2) is 60.7 Å². The lowest BCUT2D eigenvalue weighted by Crippen LogP contribution is -2.44. The van der Waals surface area contributed by atoms with Gasteiger partial charge in [0.25, 0.3) is 23.6 Å². The minimum Gasteiger partial charge on any atom is -0.483 e. The van der Waals surface area contributed by atoms with Gasteiger partial charge in [-0.05, 0) is 75.2 Å². The Kier molecular flexibility index (Phi) is 9.42. The summed E-state index contributed by atoms with van der Waals surface area (Å²) in [6.07, 6.45) is 0. The number of benzene rings is 3. The number of nitrogens with one attached hydrogen (secondary N) is 4. The van der Waals surface area contributed by atoms with E-state index < -0.39 is 23.6 Å². The first-order valence-corrected chi connectivity index (χ1v) is 11.8. The first kappa shape index (κ1) is 27.7. The molecule has 4 amide bonds. The summed E-state index contributed by atoms with van der Waals surface area (Å²) in [6.45, 7) is 7.13. The van der Waals surface area contributed by atoms with Crippen molar-refractivity contribution in [1.29, 1.82) is 0 Å². The van der Waals surface area contributed by atoms with E-state index in [-0.39, 0.29) is 24.3 Å². The molecule has 0 saturated heterocycles. The Labute approximate surface area is 220 Å². The third kappa shape index (κ3) is 8.09. The van der Waals surface area contributed by atoms with Crippen molar-refractivity contribution in [2.75, 3.05) is 13.2 Å². The first-order valence-electron chi connectivity index (χ1n) is 11.8. The lowest BCUT2D eigenvalue weighted by Gasteiger charge is -2.11. The molecule has 0 aromatic heterocycles. The van der Waals surface area contributed by atoms with Crippen LogP contribution >= 0.6 is 0 Å². The van der Waals surface area contributed by atoms with Gasteiger partial charge in [-0.25, -0.2) is 0 Å². The van der Waals surface area contributed by atoms with Gasteiger partial charge in [0.15, 0.2) is 13.2 Å². The van der Waals surface area contributed by atoms with Gasteiger partial charge in [0, 0.05) is 11.1 Å². The van der Waals surface area contributed by atoms with Gasteiger partial charge in [-0.15, -0.1) is 0 Å². The van der Waals surface area contributed by atoms with Crippen molar-refractivity contribution in [3.63, 3.8) is 0 Å². The smallest absolute Gasteiger partial charge is 0.276 e. The molecule has 0 bridgehead atoms. The van der Waals surface area contributed by atoms with E-state index in [0.29, 0.717) is 11.5 Å². The average Bonchev–Trinajstić information content (AvgIpc) is 2.89. The maximum absolute atomic E-state index is 12.3. The van der Waals surface area contributed by atoms with Crippen LogP contribution in [0.5, 0.6) is 11.5 Å². The summed E-state index contributed by atoms with van der Waals surface area (Å²) in [5, 5.41) is 0. The number of rotatable bonds is 8. The molecule has 0 aliphatic heterocycles. The van der Waals surface area contributed by atoms with E-state index in [1.54, 1.807) is 12.1 Å². The minimum absolute atomic E-state index is 0.211. The van der Waals surface area contributed by atoms with E-state index in [2.05, 4.69) is 21.7 Å². The fourth-order valence-electron chi connectivity index (χ4n) is 3.45. The molecule has 0 aliphatic carbocycles. The van der Waals surface area contributed by atoms with Crippen molar-refractivity contribution >= 4 is 23.6 Å². The van der Waals surface area contributed by atoms with Gasteiger partial charge in [-0.1, -0.05) is 35.4 Å². The fraction of sp³-hybridized carbons (Fsp3) is 0.214. The van der Waals surface area contributed by atoms with Crippen LogP contribution in [0.25, 0.3) is 0 Å². The topological polar surface area (TPSA) is 135 Å². The van der Waals surface area contributed by atoms with Crippen molar-refractivity contribution in [2.45, 2.75) is 27.7 Å². The Morgan fingerprint density at radius 3 is 1.26 bits per heavy atom. The highest BCUT2D eigenvalue weighted by Gasteiger charge is 2.12. The standard InChI is InChI=1S/C28H30N4O6/c1-17-5-11-23(19(3)13-17)37-15-25(33)29-31-27(35)21-7-9-22(10-8-21)28(36)32-30-26(34)16-38-24-12-6-18(2)14-20(24)4/h5-14H,15-16H2,1-4H3,(H,29,33)(H,30,34)(H,31,35)(H,32,36). The zero-order valence-electron chi connectivity index (χ0n) is 21.6. The highest BCUT2D eigenvalue weighted by Crippen LogP contribution is 2.19. The highest BCUT2D eigenvalue weighted by molar-refractivity contribution is 5.98. The van der Waals surface area contributed by atoms with E-state index in [0.717, 1.165) is 22.3 Å². The molecule has 0 fully saturated rings. The van der Waals surface area contributed by atoms with E-state index >= 15 is 0 Å². The van der Waals surface area contributed by atoms with Gasteiger partial charge in [0.2, 0.25) is 0 Å². The molecule has 0 saturated carbocycles. The third-order valence-electron chi connectivity index (χ3n) is 5.42. The van der Waals surface area contributed by atoms with Crippen LogP contribution in [0.3, 0.4) is 0 Å². The maximum atomic E-state index is 12.3. The molecule has 0 aliphatic rings. The monoisotopic (exact) mass is 518 g/mol. The third-order valence-corrected chi connectivity index (χ3v) is 5.42. The lowest BCUT2D eigenvalue weighted by molar-refractivity contribution is -0.124. The predicted molar refractivity (Wildman–Crippen MR) is 140 cm³/mol. The van der Waals surface area contributed by atoms with Crippen LogP contribution in [0.4, 0.5) is 0 Å². The molecule has 10 heteroatoms. The van der Waals surface area contributed by atoms with Crippen molar-refractivity contribution in [1.82, 2.24) is 21.7 Å². The Hall–Kier alpha value is -4.86. The van der Waals surface area contributed by atoms with Crippen molar-refractivity contribution in [3.8, 4) is 11.5 Å². The van der Waals surface area contributed by atoms with Crippen LogP contribution < -0.4 is 31.2 Å². The van der Waals surface area contributed by atoms with E-state index in [9.17, 15) is 19.2 Å². The van der Waals surface area contributed by atoms with E-state index in [1.807, 2.05) is 52.0 Å². The van der Waals surface area contributed by atoms with Gasteiger partial charge in [-0.3, -0.25) is 40.9 Å². The SMILES string of the molecule is Cc1ccc(OCC(=O)NNC(=O)c2ccc(C(=O)NNC(=O)COc3ccc(C)cc3C)cc2)c(C)c1. The van der Waals surface area contributed by atoms with Gasteiger partial charge < -0.3 is 9.47 Å². The predicted octanol–water partition coefficient (Wildman–Crippen LogP) is 2.60. The summed E-state index contributed by atoms with van der Waals surface area (Å²) < 4.78 is 11.0. The Morgan fingerprint density at radius 1 is 0.553 bits per heavy atom. The second-order valence-electron chi connectivity index (χ2n) is 8.70. The van der Waals surface area contributed by atoms with Gasteiger partial charge in [0.1, 0.15) is 11.5 Å². The molecule has 10 nitrogen and oxygen atoms in total. The second-order valence-corrected chi connectivity index (χ2v) is 8.70. The largest absolute Gasteiger partial charge is 0.483 e. The van der Waals surface area contributed by atoms with Crippen LogP contribution in [-0.4, -0.2) is 36.8 Å². The van der Waals surface area contributed by atoms with Crippen LogP contribution in [0.1, 0.15) is 43.0 Å². The summed E-state index contributed by atoms with van der Waals surface area (Å²) in [7, 11) is 0. The number of aryl methyl sites for hydroxylation is 4. The molecule has 3 aromatic rings.